The molecule has 0 radical (unpaired) electrons. The third-order valence-corrected chi connectivity index (χ3v) is 5.02. The topological polar surface area (TPSA) is 49.3 Å². The third-order valence-electron chi connectivity index (χ3n) is 5.02. The Kier molecular flexibility index (Phi) is 7.38. The van der Waals surface area contributed by atoms with Gasteiger partial charge in [0.25, 0.3) is 0 Å². The normalized spacial score (nSPS) is 16.6. The second-order valence-electron chi connectivity index (χ2n) is 6.84. The summed E-state index contributed by atoms with van der Waals surface area (Å²) >= 11 is 0. The molecule has 1 fully saturated rings. The summed E-state index contributed by atoms with van der Waals surface area (Å²) in [6.07, 6.45) is 0. The lowest BCUT2D eigenvalue weighted by atomic mass is 10.1. The SMILES string of the molecule is CN=C(NCc1ccccc1)N1CCN(Cc2ccc3c(c2)OCO3)CC1.I. The molecule has 0 spiro atoms. The summed E-state index contributed by atoms with van der Waals surface area (Å²) < 4.78 is 10.9. The molecule has 150 valence electrons. The van der Waals surface area contributed by atoms with Crippen molar-refractivity contribution < 1.29 is 9.47 Å². The van der Waals surface area contributed by atoms with E-state index in [4.69, 9.17) is 9.47 Å². The van der Waals surface area contributed by atoms with Crippen molar-refractivity contribution in [1.29, 1.82) is 0 Å². The van der Waals surface area contributed by atoms with Crippen molar-refractivity contribution in [3.8, 4) is 11.5 Å². The third kappa shape index (κ3) is 5.08. The van der Waals surface area contributed by atoms with E-state index in [1.807, 2.05) is 19.2 Å². The average Bonchev–Trinajstić information content (AvgIpc) is 3.18. The number of fused-ring (bicyclic) bond motifs is 1. The first kappa shape index (κ1) is 20.7. The van der Waals surface area contributed by atoms with E-state index in [1.165, 1.54) is 11.1 Å². The van der Waals surface area contributed by atoms with Crippen LogP contribution in [0.3, 0.4) is 0 Å². The van der Waals surface area contributed by atoms with Gasteiger partial charge in [0, 0.05) is 46.3 Å². The van der Waals surface area contributed by atoms with Gasteiger partial charge in [-0.25, -0.2) is 0 Å². The first-order valence-electron chi connectivity index (χ1n) is 9.42. The molecule has 7 heteroatoms. The van der Waals surface area contributed by atoms with Crippen molar-refractivity contribution in [2.45, 2.75) is 13.1 Å². The van der Waals surface area contributed by atoms with Gasteiger partial charge in [-0.2, -0.15) is 0 Å². The number of hydrogen-bond donors (Lipinski definition) is 1. The highest BCUT2D eigenvalue weighted by atomic mass is 127. The molecule has 2 aliphatic rings. The minimum Gasteiger partial charge on any atom is -0.454 e. The molecule has 0 amide bonds. The molecule has 2 aromatic carbocycles. The number of nitrogens with one attached hydrogen (secondary N) is 1. The average molecular weight is 494 g/mol. The Morgan fingerprint density at radius 1 is 0.964 bits per heavy atom. The smallest absolute Gasteiger partial charge is 0.231 e. The van der Waals surface area contributed by atoms with Crippen LogP contribution in [0.1, 0.15) is 11.1 Å². The molecule has 6 nitrogen and oxygen atoms in total. The number of rotatable bonds is 4. The Labute approximate surface area is 183 Å². The zero-order valence-corrected chi connectivity index (χ0v) is 18.5. The molecule has 0 aliphatic carbocycles. The molecule has 0 aromatic heterocycles. The molecule has 4 rings (SSSR count). The van der Waals surface area contributed by atoms with E-state index in [1.54, 1.807) is 0 Å². The molecular weight excluding hydrogens is 467 g/mol. The number of benzene rings is 2. The van der Waals surface area contributed by atoms with Crippen molar-refractivity contribution in [3.05, 3.63) is 59.7 Å². The zero-order valence-electron chi connectivity index (χ0n) is 16.1. The summed E-state index contributed by atoms with van der Waals surface area (Å²) in [6.45, 7) is 6.02. The molecule has 0 bridgehead atoms. The van der Waals surface area contributed by atoms with Crippen molar-refractivity contribution in [3.63, 3.8) is 0 Å². The molecule has 0 atom stereocenters. The van der Waals surface area contributed by atoms with Crippen LogP contribution in [0.25, 0.3) is 0 Å². The second kappa shape index (κ2) is 9.97. The first-order valence-corrected chi connectivity index (χ1v) is 9.42. The largest absolute Gasteiger partial charge is 0.454 e. The monoisotopic (exact) mass is 494 g/mol. The van der Waals surface area contributed by atoms with Crippen LogP contribution in [0.15, 0.2) is 53.5 Å². The Morgan fingerprint density at radius 3 is 2.46 bits per heavy atom. The van der Waals surface area contributed by atoms with Gasteiger partial charge in [-0.3, -0.25) is 9.89 Å². The predicted molar refractivity (Wildman–Crippen MR) is 121 cm³/mol. The minimum absolute atomic E-state index is 0. The van der Waals surface area contributed by atoms with Crippen molar-refractivity contribution in [2.24, 2.45) is 4.99 Å². The maximum absolute atomic E-state index is 5.48. The number of guanidine groups is 1. The fourth-order valence-electron chi connectivity index (χ4n) is 3.52. The Morgan fingerprint density at radius 2 is 1.71 bits per heavy atom. The van der Waals surface area contributed by atoms with Crippen LogP contribution in [0.4, 0.5) is 0 Å². The number of hydrogen-bond acceptors (Lipinski definition) is 4. The fourth-order valence-corrected chi connectivity index (χ4v) is 3.52. The molecule has 0 unspecified atom stereocenters. The maximum atomic E-state index is 5.48. The van der Waals surface area contributed by atoms with E-state index in [9.17, 15) is 0 Å². The zero-order chi connectivity index (χ0) is 18.5. The van der Waals surface area contributed by atoms with Crippen LogP contribution < -0.4 is 14.8 Å². The second-order valence-corrected chi connectivity index (χ2v) is 6.84. The Hall–Kier alpha value is -2.00. The first-order chi connectivity index (χ1) is 13.3. The summed E-state index contributed by atoms with van der Waals surface area (Å²) in [5, 5.41) is 3.48. The van der Waals surface area contributed by atoms with Crippen LogP contribution in [0.5, 0.6) is 11.5 Å². The van der Waals surface area contributed by atoms with Crippen LogP contribution >= 0.6 is 24.0 Å². The van der Waals surface area contributed by atoms with Gasteiger partial charge in [0.05, 0.1) is 0 Å². The lowest BCUT2D eigenvalue weighted by molar-refractivity contribution is 0.171. The Bertz CT molecular complexity index is 792. The van der Waals surface area contributed by atoms with E-state index in [0.717, 1.165) is 56.7 Å². The minimum atomic E-state index is 0. The lowest BCUT2D eigenvalue weighted by Gasteiger charge is -2.36. The Balaban J connectivity index is 0.00000225. The van der Waals surface area contributed by atoms with Gasteiger partial charge >= 0.3 is 0 Å². The van der Waals surface area contributed by atoms with Gasteiger partial charge in [-0.05, 0) is 23.3 Å². The van der Waals surface area contributed by atoms with Gasteiger partial charge in [0.2, 0.25) is 6.79 Å². The fraction of sp³-hybridized carbons (Fsp3) is 0.381. The molecule has 2 aliphatic heterocycles. The molecule has 1 N–H and O–H groups in total. The van der Waals surface area contributed by atoms with Crippen LogP contribution in [0, 0.1) is 0 Å². The predicted octanol–water partition coefficient (Wildman–Crippen LogP) is 2.93. The van der Waals surface area contributed by atoms with Gasteiger partial charge in [0.1, 0.15) is 0 Å². The summed E-state index contributed by atoms with van der Waals surface area (Å²) in [6, 6.07) is 16.6. The summed E-state index contributed by atoms with van der Waals surface area (Å²) in [7, 11) is 1.85. The van der Waals surface area contributed by atoms with Gasteiger partial charge in [0.15, 0.2) is 17.5 Å². The molecule has 0 saturated carbocycles. The standard InChI is InChI=1S/C21H26N4O2.HI/c1-22-21(23-14-17-5-3-2-4-6-17)25-11-9-24(10-12-25)15-18-7-8-19-20(13-18)27-16-26-19;/h2-8,13H,9-12,14-16H2,1H3,(H,22,23);1H. The molecular formula is C21H27IN4O2. The highest BCUT2D eigenvalue weighted by Gasteiger charge is 2.20. The van der Waals surface area contributed by atoms with E-state index >= 15 is 0 Å². The molecule has 2 aromatic rings. The highest BCUT2D eigenvalue weighted by Crippen LogP contribution is 2.32. The maximum Gasteiger partial charge on any atom is 0.231 e. The van der Waals surface area contributed by atoms with Crippen molar-refractivity contribution >= 4 is 29.9 Å². The number of piperazine rings is 1. The van der Waals surface area contributed by atoms with Gasteiger partial charge < -0.3 is 19.7 Å². The summed E-state index contributed by atoms with van der Waals surface area (Å²) in [4.78, 5) is 9.26. The van der Waals surface area contributed by atoms with E-state index in [2.05, 4.69) is 56.5 Å². The van der Waals surface area contributed by atoms with Gasteiger partial charge in [-0.15, -0.1) is 24.0 Å². The van der Waals surface area contributed by atoms with E-state index in [0.29, 0.717) is 6.79 Å². The van der Waals surface area contributed by atoms with Crippen LogP contribution in [-0.2, 0) is 13.1 Å². The highest BCUT2D eigenvalue weighted by molar-refractivity contribution is 14.0. The van der Waals surface area contributed by atoms with Gasteiger partial charge in [-0.1, -0.05) is 36.4 Å². The quantitative estimate of drug-likeness (QED) is 0.403. The van der Waals surface area contributed by atoms with E-state index in [-0.39, 0.29) is 24.0 Å². The lowest BCUT2D eigenvalue weighted by Crippen LogP contribution is -2.52. The van der Waals surface area contributed by atoms with Crippen molar-refractivity contribution in [1.82, 2.24) is 15.1 Å². The molecule has 28 heavy (non-hydrogen) atoms. The number of nitrogens with zero attached hydrogens (tertiary/aromatic N) is 3. The summed E-state index contributed by atoms with van der Waals surface area (Å²) in [5.41, 5.74) is 2.53. The van der Waals surface area contributed by atoms with Crippen LogP contribution in [0.2, 0.25) is 0 Å². The van der Waals surface area contributed by atoms with E-state index < -0.39 is 0 Å². The number of halogens is 1. The van der Waals surface area contributed by atoms with Crippen molar-refractivity contribution in [2.75, 3.05) is 40.0 Å². The number of ether oxygens (including phenoxy) is 2. The molecule has 1 saturated heterocycles. The summed E-state index contributed by atoms with van der Waals surface area (Å²) in [5.74, 6) is 2.68. The number of aliphatic imine (C=N–C) groups is 1. The van der Waals surface area contributed by atoms with Crippen LogP contribution in [-0.4, -0.2) is 55.8 Å². The molecule has 2 heterocycles.